The number of hydrogen-bond acceptors (Lipinski definition) is 2. The van der Waals surface area contributed by atoms with Gasteiger partial charge in [-0.3, -0.25) is 9.78 Å². The van der Waals surface area contributed by atoms with Gasteiger partial charge in [-0.25, -0.2) is 0 Å². The van der Waals surface area contributed by atoms with Gasteiger partial charge in [-0.15, -0.1) is 0 Å². The minimum absolute atomic E-state index is 0.0328. The second kappa shape index (κ2) is 5.17. The van der Waals surface area contributed by atoms with Crippen LogP contribution >= 0.6 is 0 Å². The van der Waals surface area contributed by atoms with Crippen molar-refractivity contribution < 1.29 is 4.79 Å². The summed E-state index contributed by atoms with van der Waals surface area (Å²) < 4.78 is 0. The van der Waals surface area contributed by atoms with Crippen LogP contribution in [0.15, 0.2) is 30.5 Å². The molecule has 1 heterocycles. The molecule has 3 nitrogen and oxygen atoms in total. The number of nitrogens with zero attached hydrogens (tertiary/aromatic N) is 1. The molecule has 18 heavy (non-hydrogen) atoms. The molecular weight excluding hydrogens is 224 g/mol. The smallest absolute Gasteiger partial charge is 0.224 e. The summed E-state index contributed by atoms with van der Waals surface area (Å²) in [7, 11) is 1.66. The Balaban J connectivity index is 2.56. The molecule has 1 amide bonds. The van der Waals surface area contributed by atoms with Gasteiger partial charge in [-0.2, -0.15) is 0 Å². The van der Waals surface area contributed by atoms with E-state index in [0.29, 0.717) is 12.3 Å². The van der Waals surface area contributed by atoms with E-state index in [2.05, 4.69) is 30.2 Å². The van der Waals surface area contributed by atoms with Crippen molar-refractivity contribution in [1.29, 1.82) is 0 Å². The molecule has 0 bridgehead atoms. The first-order chi connectivity index (χ1) is 8.63. The number of aromatic nitrogens is 1. The number of benzene rings is 1. The van der Waals surface area contributed by atoms with Gasteiger partial charge in [0.2, 0.25) is 5.91 Å². The highest BCUT2D eigenvalue weighted by atomic mass is 16.1. The summed E-state index contributed by atoms with van der Waals surface area (Å²) in [5.74, 6) is 0.411. The minimum Gasteiger partial charge on any atom is -0.359 e. The summed E-state index contributed by atoms with van der Waals surface area (Å²) in [6.07, 6.45) is 2.24. The Labute approximate surface area is 107 Å². The Bertz CT molecular complexity index is 576. The molecule has 0 aliphatic carbocycles. The van der Waals surface area contributed by atoms with Gasteiger partial charge in [0.15, 0.2) is 0 Å². The first-order valence-electron chi connectivity index (χ1n) is 6.20. The maximum Gasteiger partial charge on any atom is 0.224 e. The van der Waals surface area contributed by atoms with Crippen molar-refractivity contribution in [3.63, 3.8) is 0 Å². The zero-order valence-electron chi connectivity index (χ0n) is 11.0. The molecule has 0 saturated carbocycles. The summed E-state index contributed by atoms with van der Waals surface area (Å²) in [4.78, 5) is 16.0. The lowest BCUT2D eigenvalue weighted by Gasteiger charge is -2.11. The zero-order valence-corrected chi connectivity index (χ0v) is 11.0. The van der Waals surface area contributed by atoms with Crippen LogP contribution in [0.3, 0.4) is 0 Å². The van der Waals surface area contributed by atoms with Crippen LogP contribution in [0.1, 0.15) is 31.0 Å². The highest BCUT2D eigenvalue weighted by Gasteiger charge is 2.10. The van der Waals surface area contributed by atoms with Gasteiger partial charge in [-0.05, 0) is 22.9 Å². The van der Waals surface area contributed by atoms with Gasteiger partial charge >= 0.3 is 0 Å². The number of carbonyl (C=O) groups excluding carboxylic acids is 1. The first kappa shape index (κ1) is 12.6. The molecule has 0 unspecified atom stereocenters. The number of nitrogens with one attached hydrogen (secondary N) is 1. The quantitative estimate of drug-likeness (QED) is 0.899. The van der Waals surface area contributed by atoms with Crippen molar-refractivity contribution >= 4 is 16.7 Å². The molecule has 0 fully saturated rings. The van der Waals surface area contributed by atoms with Crippen molar-refractivity contribution in [3.05, 3.63) is 41.7 Å². The van der Waals surface area contributed by atoms with Gasteiger partial charge in [0.05, 0.1) is 12.1 Å². The number of likely N-dealkylation sites (N-methyl/N-ethyl adjacent to an activating group) is 1. The third-order valence-electron chi connectivity index (χ3n) is 3.10. The van der Waals surface area contributed by atoms with E-state index in [1.165, 1.54) is 0 Å². The number of pyridine rings is 1. The van der Waals surface area contributed by atoms with E-state index in [9.17, 15) is 4.79 Å². The molecule has 94 valence electrons. The van der Waals surface area contributed by atoms with E-state index >= 15 is 0 Å². The lowest BCUT2D eigenvalue weighted by Crippen LogP contribution is -2.20. The number of rotatable bonds is 3. The van der Waals surface area contributed by atoms with Gasteiger partial charge < -0.3 is 5.32 Å². The third-order valence-corrected chi connectivity index (χ3v) is 3.10. The van der Waals surface area contributed by atoms with Crippen LogP contribution in [0.5, 0.6) is 0 Å². The largest absolute Gasteiger partial charge is 0.359 e. The molecular formula is C15H18N2O. The second-order valence-corrected chi connectivity index (χ2v) is 4.71. The molecule has 1 N–H and O–H groups in total. The standard InChI is InChI=1S/C15H18N2O/c1-10(2)15-13-6-4-5-11(9-14(18)16-3)12(13)7-8-17-15/h4-8,10H,9H2,1-3H3,(H,16,18). The van der Waals surface area contributed by atoms with Crippen molar-refractivity contribution in [2.45, 2.75) is 26.2 Å². The van der Waals surface area contributed by atoms with Crippen LogP contribution in [-0.2, 0) is 11.2 Å². The average molecular weight is 242 g/mol. The van der Waals surface area contributed by atoms with E-state index in [-0.39, 0.29) is 5.91 Å². The van der Waals surface area contributed by atoms with Crippen LogP contribution in [0.2, 0.25) is 0 Å². The predicted molar refractivity (Wildman–Crippen MR) is 73.6 cm³/mol. The first-order valence-corrected chi connectivity index (χ1v) is 6.20. The van der Waals surface area contributed by atoms with Crippen LogP contribution < -0.4 is 5.32 Å². The minimum atomic E-state index is 0.0328. The fourth-order valence-electron chi connectivity index (χ4n) is 2.17. The lowest BCUT2D eigenvalue weighted by molar-refractivity contribution is -0.119. The highest BCUT2D eigenvalue weighted by molar-refractivity contribution is 5.91. The molecule has 3 heteroatoms. The lowest BCUT2D eigenvalue weighted by atomic mass is 9.97. The fraction of sp³-hybridized carbons (Fsp3) is 0.333. The number of hydrogen-bond donors (Lipinski definition) is 1. The Morgan fingerprint density at radius 1 is 1.28 bits per heavy atom. The van der Waals surface area contributed by atoms with Gasteiger partial charge in [-0.1, -0.05) is 32.0 Å². The highest BCUT2D eigenvalue weighted by Crippen LogP contribution is 2.25. The van der Waals surface area contributed by atoms with Gasteiger partial charge in [0, 0.05) is 18.6 Å². The molecule has 1 aromatic heterocycles. The molecule has 2 rings (SSSR count). The average Bonchev–Trinajstić information content (AvgIpc) is 2.38. The summed E-state index contributed by atoms with van der Waals surface area (Å²) in [6, 6.07) is 8.06. The van der Waals surface area contributed by atoms with Crippen molar-refractivity contribution in [3.8, 4) is 0 Å². The second-order valence-electron chi connectivity index (χ2n) is 4.71. The molecule has 1 aromatic carbocycles. The maximum absolute atomic E-state index is 11.5. The topological polar surface area (TPSA) is 42.0 Å². The maximum atomic E-state index is 11.5. The van der Waals surface area contributed by atoms with Crippen molar-refractivity contribution in [1.82, 2.24) is 10.3 Å². The molecule has 2 aromatic rings. The van der Waals surface area contributed by atoms with Gasteiger partial charge in [0.25, 0.3) is 0 Å². The molecule has 0 aliphatic rings. The van der Waals surface area contributed by atoms with E-state index < -0.39 is 0 Å². The number of fused-ring (bicyclic) bond motifs is 1. The molecule has 0 saturated heterocycles. The third kappa shape index (κ3) is 2.35. The monoisotopic (exact) mass is 242 g/mol. The molecule has 0 radical (unpaired) electrons. The van der Waals surface area contributed by atoms with E-state index in [1.54, 1.807) is 7.05 Å². The van der Waals surface area contributed by atoms with Crippen LogP contribution in [0.4, 0.5) is 0 Å². The molecule has 0 atom stereocenters. The summed E-state index contributed by atoms with van der Waals surface area (Å²) in [5, 5.41) is 4.93. The van der Waals surface area contributed by atoms with Crippen molar-refractivity contribution in [2.24, 2.45) is 0 Å². The number of amides is 1. The van der Waals surface area contributed by atoms with Gasteiger partial charge in [0.1, 0.15) is 0 Å². The molecule has 0 aliphatic heterocycles. The Morgan fingerprint density at radius 2 is 2.06 bits per heavy atom. The van der Waals surface area contributed by atoms with Crippen LogP contribution in [0.25, 0.3) is 10.8 Å². The Kier molecular flexibility index (Phi) is 3.60. The van der Waals surface area contributed by atoms with Crippen LogP contribution in [-0.4, -0.2) is 17.9 Å². The normalized spacial score (nSPS) is 10.9. The Hall–Kier alpha value is -1.90. The summed E-state index contributed by atoms with van der Waals surface area (Å²) >= 11 is 0. The van der Waals surface area contributed by atoms with E-state index in [0.717, 1.165) is 22.0 Å². The van der Waals surface area contributed by atoms with E-state index in [1.807, 2.05) is 24.4 Å². The van der Waals surface area contributed by atoms with Crippen LogP contribution in [0, 0.1) is 0 Å². The van der Waals surface area contributed by atoms with Crippen molar-refractivity contribution in [2.75, 3.05) is 7.05 Å². The van der Waals surface area contributed by atoms with E-state index in [4.69, 9.17) is 0 Å². The number of carbonyl (C=O) groups is 1. The Morgan fingerprint density at radius 3 is 2.72 bits per heavy atom. The fourth-order valence-corrected chi connectivity index (χ4v) is 2.17. The summed E-state index contributed by atoms with van der Waals surface area (Å²) in [5.41, 5.74) is 2.14. The predicted octanol–water partition coefficient (Wildman–Crippen LogP) is 2.65. The summed E-state index contributed by atoms with van der Waals surface area (Å²) in [6.45, 7) is 4.26. The SMILES string of the molecule is CNC(=O)Cc1cccc2c(C(C)C)nccc12. The zero-order chi connectivity index (χ0) is 13.1. The molecule has 0 spiro atoms.